The molecule has 0 heterocycles. The molecule has 1 atom stereocenters. The fraction of sp³-hybridized carbons (Fsp3) is 0.571. The Hall–Kier alpha value is -1.07. The van der Waals surface area contributed by atoms with Crippen LogP contribution in [0.15, 0.2) is 18.2 Å². The minimum atomic E-state index is -2.97. The van der Waals surface area contributed by atoms with Crippen molar-refractivity contribution in [3.8, 4) is 5.75 Å². The second kappa shape index (κ2) is 6.91. The first kappa shape index (κ1) is 16.0. The van der Waals surface area contributed by atoms with Crippen molar-refractivity contribution in [1.82, 2.24) is 5.32 Å². The Morgan fingerprint density at radius 3 is 2.58 bits per heavy atom. The fourth-order valence-corrected chi connectivity index (χ4v) is 2.22. The van der Waals surface area contributed by atoms with Crippen molar-refractivity contribution >= 4 is 9.84 Å². The fourth-order valence-electron chi connectivity index (χ4n) is 1.83. The first-order chi connectivity index (χ1) is 8.83. The maximum absolute atomic E-state index is 11.0. The van der Waals surface area contributed by atoms with E-state index in [-0.39, 0.29) is 12.4 Å². The van der Waals surface area contributed by atoms with Crippen LogP contribution in [-0.2, 0) is 9.84 Å². The molecular formula is C14H23NO3S. The van der Waals surface area contributed by atoms with Crippen molar-refractivity contribution in [2.45, 2.75) is 26.8 Å². The summed E-state index contributed by atoms with van der Waals surface area (Å²) in [5.41, 5.74) is 2.23. The molecule has 4 nitrogen and oxygen atoms in total. The molecule has 1 unspecified atom stereocenters. The number of benzene rings is 1. The lowest BCUT2D eigenvalue weighted by molar-refractivity contribution is 0.338. The standard InChI is InChI=1S/C14H23NO3S/c1-5-15-12(3)13-6-7-14(11(2)10-13)18-8-9-19(4,16)17/h6-7,10,12,15H,5,8-9H2,1-4H3. The molecule has 1 rings (SSSR count). The van der Waals surface area contributed by atoms with Crippen LogP contribution in [0.1, 0.15) is 31.0 Å². The predicted molar refractivity (Wildman–Crippen MR) is 78.5 cm³/mol. The van der Waals surface area contributed by atoms with E-state index in [0.717, 1.165) is 17.9 Å². The number of sulfone groups is 1. The Labute approximate surface area is 116 Å². The first-order valence-electron chi connectivity index (χ1n) is 6.48. The zero-order chi connectivity index (χ0) is 14.5. The molecule has 5 heteroatoms. The summed E-state index contributed by atoms with van der Waals surface area (Å²) >= 11 is 0. The molecule has 0 radical (unpaired) electrons. The Morgan fingerprint density at radius 2 is 2.05 bits per heavy atom. The highest BCUT2D eigenvalue weighted by atomic mass is 32.2. The van der Waals surface area contributed by atoms with E-state index in [1.54, 1.807) is 0 Å². The molecule has 0 saturated carbocycles. The van der Waals surface area contributed by atoms with Crippen LogP contribution in [0.3, 0.4) is 0 Å². The van der Waals surface area contributed by atoms with Crippen LogP contribution in [-0.4, -0.2) is 33.6 Å². The smallest absolute Gasteiger partial charge is 0.150 e. The molecule has 0 fully saturated rings. The SMILES string of the molecule is CCNC(C)c1ccc(OCCS(C)(=O)=O)c(C)c1. The Morgan fingerprint density at radius 1 is 1.37 bits per heavy atom. The molecule has 1 aromatic rings. The molecule has 0 bridgehead atoms. The van der Waals surface area contributed by atoms with Gasteiger partial charge in [0.15, 0.2) is 9.84 Å². The van der Waals surface area contributed by atoms with E-state index in [1.165, 1.54) is 11.8 Å². The minimum absolute atomic E-state index is 0.0436. The summed E-state index contributed by atoms with van der Waals surface area (Å²) in [5.74, 6) is 0.790. The van der Waals surface area contributed by atoms with Gasteiger partial charge in [0.05, 0.1) is 5.75 Å². The maximum atomic E-state index is 11.0. The van der Waals surface area contributed by atoms with Crippen LogP contribution in [0.4, 0.5) is 0 Å². The van der Waals surface area contributed by atoms with E-state index in [2.05, 4.69) is 25.2 Å². The zero-order valence-electron chi connectivity index (χ0n) is 12.1. The van der Waals surface area contributed by atoms with Crippen molar-refractivity contribution in [3.05, 3.63) is 29.3 Å². The highest BCUT2D eigenvalue weighted by Crippen LogP contribution is 2.22. The molecule has 0 saturated heterocycles. The summed E-state index contributed by atoms with van der Waals surface area (Å²) in [4.78, 5) is 0. The van der Waals surface area contributed by atoms with Crippen LogP contribution in [0.5, 0.6) is 5.75 Å². The Kier molecular flexibility index (Phi) is 5.82. The number of aryl methyl sites for hydroxylation is 1. The third kappa shape index (κ3) is 5.61. The maximum Gasteiger partial charge on any atom is 0.150 e. The average molecular weight is 285 g/mol. The van der Waals surface area contributed by atoms with Crippen molar-refractivity contribution in [3.63, 3.8) is 0 Å². The molecule has 0 spiro atoms. The quantitative estimate of drug-likeness (QED) is 0.833. The van der Waals surface area contributed by atoms with E-state index < -0.39 is 9.84 Å². The number of ether oxygens (including phenoxy) is 1. The van der Waals surface area contributed by atoms with Gasteiger partial charge in [-0.25, -0.2) is 8.42 Å². The minimum Gasteiger partial charge on any atom is -0.492 e. The first-order valence-corrected chi connectivity index (χ1v) is 8.54. The van der Waals surface area contributed by atoms with E-state index in [1.807, 2.05) is 19.1 Å². The number of hydrogen-bond acceptors (Lipinski definition) is 4. The molecule has 1 N–H and O–H groups in total. The molecule has 0 aliphatic rings. The summed E-state index contributed by atoms with van der Waals surface area (Å²) in [6.07, 6.45) is 1.21. The molecule has 108 valence electrons. The highest BCUT2D eigenvalue weighted by Gasteiger charge is 2.08. The van der Waals surface area contributed by atoms with Gasteiger partial charge in [0.25, 0.3) is 0 Å². The van der Waals surface area contributed by atoms with E-state index in [0.29, 0.717) is 6.04 Å². The lowest BCUT2D eigenvalue weighted by Crippen LogP contribution is -2.18. The van der Waals surface area contributed by atoms with E-state index in [9.17, 15) is 8.42 Å². The second-order valence-electron chi connectivity index (χ2n) is 4.78. The van der Waals surface area contributed by atoms with Gasteiger partial charge in [-0.2, -0.15) is 0 Å². The van der Waals surface area contributed by atoms with Gasteiger partial charge in [0, 0.05) is 12.3 Å². The van der Waals surface area contributed by atoms with Gasteiger partial charge in [-0.15, -0.1) is 0 Å². The summed E-state index contributed by atoms with van der Waals surface area (Å²) in [7, 11) is -2.97. The average Bonchev–Trinajstić information content (AvgIpc) is 2.30. The molecule has 0 aliphatic carbocycles. The van der Waals surface area contributed by atoms with Crippen molar-refractivity contribution in [2.24, 2.45) is 0 Å². The van der Waals surface area contributed by atoms with Crippen LogP contribution in [0.2, 0.25) is 0 Å². The van der Waals surface area contributed by atoms with Crippen LogP contribution in [0, 0.1) is 6.92 Å². The molecule has 1 aromatic carbocycles. The second-order valence-corrected chi connectivity index (χ2v) is 7.04. The lowest BCUT2D eigenvalue weighted by Gasteiger charge is -2.15. The third-order valence-electron chi connectivity index (χ3n) is 2.92. The number of rotatable bonds is 7. The van der Waals surface area contributed by atoms with Crippen molar-refractivity contribution < 1.29 is 13.2 Å². The van der Waals surface area contributed by atoms with E-state index in [4.69, 9.17) is 4.74 Å². The van der Waals surface area contributed by atoms with Gasteiger partial charge in [0.2, 0.25) is 0 Å². The topological polar surface area (TPSA) is 55.4 Å². The molecule has 19 heavy (non-hydrogen) atoms. The van der Waals surface area contributed by atoms with E-state index >= 15 is 0 Å². The van der Waals surface area contributed by atoms with Gasteiger partial charge < -0.3 is 10.1 Å². The Bertz CT molecular complexity index is 511. The van der Waals surface area contributed by atoms with Gasteiger partial charge in [0.1, 0.15) is 12.4 Å². The van der Waals surface area contributed by atoms with Gasteiger partial charge >= 0.3 is 0 Å². The Balaban J connectivity index is 2.67. The third-order valence-corrected chi connectivity index (χ3v) is 3.83. The molecule has 0 amide bonds. The summed E-state index contributed by atoms with van der Waals surface area (Å²) in [6, 6.07) is 6.29. The number of hydrogen-bond donors (Lipinski definition) is 1. The van der Waals surface area contributed by atoms with Crippen molar-refractivity contribution in [2.75, 3.05) is 25.2 Å². The zero-order valence-corrected chi connectivity index (χ0v) is 12.9. The molecule has 0 aromatic heterocycles. The largest absolute Gasteiger partial charge is 0.492 e. The van der Waals surface area contributed by atoms with Crippen LogP contribution < -0.4 is 10.1 Å². The van der Waals surface area contributed by atoms with Crippen LogP contribution >= 0.6 is 0 Å². The van der Waals surface area contributed by atoms with Gasteiger partial charge in [-0.3, -0.25) is 0 Å². The van der Waals surface area contributed by atoms with Gasteiger partial charge in [-0.1, -0.05) is 19.1 Å². The van der Waals surface area contributed by atoms with Gasteiger partial charge in [-0.05, 0) is 37.6 Å². The summed E-state index contributed by atoms with van der Waals surface area (Å²) in [5, 5.41) is 3.35. The molecular weight excluding hydrogens is 262 g/mol. The highest BCUT2D eigenvalue weighted by molar-refractivity contribution is 7.90. The monoisotopic (exact) mass is 285 g/mol. The predicted octanol–water partition coefficient (Wildman–Crippen LogP) is 2.09. The summed E-state index contributed by atoms with van der Waals surface area (Å²) < 4.78 is 27.6. The number of nitrogens with one attached hydrogen (secondary N) is 1. The molecule has 0 aliphatic heterocycles. The van der Waals surface area contributed by atoms with Crippen molar-refractivity contribution in [1.29, 1.82) is 0 Å². The van der Waals surface area contributed by atoms with Crippen LogP contribution in [0.25, 0.3) is 0 Å². The lowest BCUT2D eigenvalue weighted by atomic mass is 10.1. The summed E-state index contributed by atoms with van der Waals surface area (Å²) in [6.45, 7) is 7.28. The normalized spacial score (nSPS) is 13.3.